The zero-order chi connectivity index (χ0) is 21.6. The van der Waals surface area contributed by atoms with E-state index in [1.54, 1.807) is 0 Å². The van der Waals surface area contributed by atoms with E-state index < -0.39 is 0 Å². The molecule has 0 spiro atoms. The Morgan fingerprint density at radius 3 is 2.52 bits per heavy atom. The van der Waals surface area contributed by atoms with Gasteiger partial charge in [-0.2, -0.15) is 0 Å². The largest absolute Gasteiger partial charge is 0.491 e. The summed E-state index contributed by atoms with van der Waals surface area (Å²) in [5.41, 5.74) is 2.77. The molecular weight excluding hydrogens is 392 g/mol. The Bertz CT molecular complexity index is 779. The minimum Gasteiger partial charge on any atom is -0.491 e. The van der Waals surface area contributed by atoms with E-state index in [1.807, 2.05) is 11.8 Å². The van der Waals surface area contributed by atoms with Crippen LogP contribution in [0.25, 0.3) is 0 Å². The number of ether oxygens (including phenoxy) is 3. The van der Waals surface area contributed by atoms with Crippen LogP contribution >= 0.6 is 0 Å². The lowest BCUT2D eigenvalue weighted by Gasteiger charge is -2.36. The van der Waals surface area contributed by atoms with E-state index >= 15 is 0 Å². The number of carbonyl (C=O) groups excluding carboxylic acids is 1. The lowest BCUT2D eigenvalue weighted by Crippen LogP contribution is -2.45. The molecule has 1 amide bonds. The fraction of sp³-hybridized carbons (Fsp3) is 0.640. The van der Waals surface area contributed by atoms with Crippen molar-refractivity contribution in [2.45, 2.75) is 52.2 Å². The number of hydrogen-bond acceptors (Lipinski definition) is 5. The summed E-state index contributed by atoms with van der Waals surface area (Å²) in [6.45, 7) is 10.3. The highest BCUT2D eigenvalue weighted by atomic mass is 16.6. The normalized spacial score (nSPS) is 22.8. The second-order valence-electron chi connectivity index (χ2n) is 9.07. The van der Waals surface area contributed by atoms with Gasteiger partial charge in [-0.25, -0.2) is 0 Å². The Morgan fingerprint density at radius 1 is 1.03 bits per heavy atom. The van der Waals surface area contributed by atoms with Gasteiger partial charge in [0.1, 0.15) is 19.0 Å². The number of piperidine rings is 1. The standard InChI is InChI=1S/C25H36N2O4/c1-19-6-3-4-7-22(19)17-26-11-9-21(10-12-26)16-27(18-23-8-5-13-30-23)25(28)24-20(2)29-14-15-31-24/h3-4,6-7,21,23H,5,8-18H2,1-2H3. The predicted molar refractivity (Wildman–Crippen MR) is 119 cm³/mol. The zero-order valence-corrected chi connectivity index (χ0v) is 19.0. The van der Waals surface area contributed by atoms with E-state index in [9.17, 15) is 4.79 Å². The molecule has 0 bridgehead atoms. The summed E-state index contributed by atoms with van der Waals surface area (Å²) in [7, 11) is 0. The highest BCUT2D eigenvalue weighted by Gasteiger charge is 2.31. The summed E-state index contributed by atoms with van der Waals surface area (Å²) in [4.78, 5) is 17.8. The number of rotatable bonds is 7. The van der Waals surface area contributed by atoms with Crippen LogP contribution in [0.5, 0.6) is 0 Å². The molecule has 3 aliphatic heterocycles. The molecule has 0 aliphatic carbocycles. The third kappa shape index (κ3) is 5.80. The number of nitrogens with zero attached hydrogens (tertiary/aromatic N) is 2. The number of likely N-dealkylation sites (tertiary alicyclic amines) is 1. The molecule has 0 aromatic heterocycles. The van der Waals surface area contributed by atoms with Gasteiger partial charge in [0.25, 0.3) is 5.91 Å². The van der Waals surface area contributed by atoms with Gasteiger partial charge in [-0.1, -0.05) is 24.3 Å². The first-order valence-corrected chi connectivity index (χ1v) is 11.7. The van der Waals surface area contributed by atoms with E-state index in [0.29, 0.717) is 37.2 Å². The number of carbonyl (C=O) groups is 1. The van der Waals surface area contributed by atoms with Crippen molar-refractivity contribution < 1.29 is 19.0 Å². The summed E-state index contributed by atoms with van der Waals surface area (Å²) in [6.07, 6.45) is 4.45. The number of allylic oxidation sites excluding steroid dienone is 1. The van der Waals surface area contributed by atoms with E-state index in [4.69, 9.17) is 14.2 Å². The molecule has 6 heteroatoms. The van der Waals surface area contributed by atoms with E-state index in [-0.39, 0.29) is 12.0 Å². The van der Waals surface area contributed by atoms with Crippen molar-refractivity contribution >= 4 is 5.91 Å². The molecule has 1 unspecified atom stereocenters. The van der Waals surface area contributed by atoms with Gasteiger partial charge in [0.05, 0.1) is 6.10 Å². The second-order valence-corrected chi connectivity index (χ2v) is 9.07. The molecule has 3 aliphatic rings. The Balaban J connectivity index is 1.35. The maximum absolute atomic E-state index is 13.3. The smallest absolute Gasteiger partial charge is 0.292 e. The fourth-order valence-corrected chi connectivity index (χ4v) is 4.80. The average molecular weight is 429 g/mol. The summed E-state index contributed by atoms with van der Waals surface area (Å²) >= 11 is 0. The van der Waals surface area contributed by atoms with Gasteiger partial charge in [0, 0.05) is 26.2 Å². The quantitative estimate of drug-likeness (QED) is 0.665. The van der Waals surface area contributed by atoms with Crippen LogP contribution in [-0.2, 0) is 25.5 Å². The molecule has 4 rings (SSSR count). The monoisotopic (exact) mass is 428 g/mol. The SMILES string of the molecule is CC1=C(C(=O)N(CC2CCN(Cc3ccccc3C)CC2)CC2CCCO2)OCCO1. The van der Waals surface area contributed by atoms with Gasteiger partial charge in [-0.15, -0.1) is 0 Å². The van der Waals surface area contributed by atoms with Crippen molar-refractivity contribution in [3.63, 3.8) is 0 Å². The van der Waals surface area contributed by atoms with Crippen molar-refractivity contribution in [2.24, 2.45) is 5.92 Å². The first-order valence-electron chi connectivity index (χ1n) is 11.7. The summed E-state index contributed by atoms with van der Waals surface area (Å²) in [5, 5.41) is 0. The topological polar surface area (TPSA) is 51.2 Å². The number of hydrogen-bond donors (Lipinski definition) is 0. The molecule has 0 N–H and O–H groups in total. The van der Waals surface area contributed by atoms with Crippen LogP contribution in [0.15, 0.2) is 35.8 Å². The molecule has 170 valence electrons. The molecule has 1 atom stereocenters. The van der Waals surface area contributed by atoms with Crippen molar-refractivity contribution in [3.05, 3.63) is 46.9 Å². The van der Waals surface area contributed by atoms with Gasteiger partial charge < -0.3 is 19.1 Å². The summed E-state index contributed by atoms with van der Waals surface area (Å²) in [6, 6.07) is 8.64. The molecule has 2 saturated heterocycles. The molecule has 3 heterocycles. The first kappa shape index (κ1) is 22.2. The van der Waals surface area contributed by atoms with Crippen LogP contribution in [0, 0.1) is 12.8 Å². The number of amides is 1. The zero-order valence-electron chi connectivity index (χ0n) is 19.0. The third-order valence-corrected chi connectivity index (χ3v) is 6.74. The molecule has 2 fully saturated rings. The van der Waals surface area contributed by atoms with E-state index in [1.165, 1.54) is 11.1 Å². The summed E-state index contributed by atoms with van der Waals surface area (Å²) in [5.74, 6) is 1.43. The molecule has 6 nitrogen and oxygen atoms in total. The van der Waals surface area contributed by atoms with Crippen LogP contribution in [-0.4, -0.2) is 67.8 Å². The summed E-state index contributed by atoms with van der Waals surface area (Å²) < 4.78 is 17.1. The Hall–Kier alpha value is -2.05. The predicted octanol–water partition coefficient (Wildman–Crippen LogP) is 3.49. The maximum atomic E-state index is 13.3. The van der Waals surface area contributed by atoms with Crippen LogP contribution in [0.3, 0.4) is 0 Å². The van der Waals surface area contributed by atoms with Crippen LogP contribution in [0.1, 0.15) is 43.7 Å². The van der Waals surface area contributed by atoms with Crippen LogP contribution in [0.2, 0.25) is 0 Å². The van der Waals surface area contributed by atoms with E-state index in [0.717, 1.165) is 58.5 Å². The first-order chi connectivity index (χ1) is 15.1. The fourth-order valence-electron chi connectivity index (χ4n) is 4.80. The minimum atomic E-state index is -0.0463. The van der Waals surface area contributed by atoms with E-state index in [2.05, 4.69) is 36.1 Å². The average Bonchev–Trinajstić information content (AvgIpc) is 3.29. The van der Waals surface area contributed by atoms with Gasteiger partial charge >= 0.3 is 0 Å². The second kappa shape index (κ2) is 10.5. The maximum Gasteiger partial charge on any atom is 0.292 e. The van der Waals surface area contributed by atoms with Crippen LogP contribution < -0.4 is 0 Å². The molecule has 1 aromatic carbocycles. The number of benzene rings is 1. The lowest BCUT2D eigenvalue weighted by atomic mass is 9.95. The van der Waals surface area contributed by atoms with Gasteiger partial charge in [-0.05, 0) is 69.7 Å². The number of aryl methyl sites for hydroxylation is 1. The van der Waals surface area contributed by atoms with Crippen molar-refractivity contribution in [2.75, 3.05) is 46.0 Å². The highest BCUT2D eigenvalue weighted by Crippen LogP contribution is 2.24. The van der Waals surface area contributed by atoms with Crippen molar-refractivity contribution in [1.29, 1.82) is 0 Å². The Morgan fingerprint density at radius 2 is 1.81 bits per heavy atom. The van der Waals surface area contributed by atoms with Gasteiger partial charge in [0.15, 0.2) is 0 Å². The Kier molecular flexibility index (Phi) is 7.51. The van der Waals surface area contributed by atoms with Gasteiger partial charge in [0.2, 0.25) is 5.76 Å². The van der Waals surface area contributed by atoms with Gasteiger partial charge in [-0.3, -0.25) is 9.69 Å². The molecular formula is C25H36N2O4. The minimum absolute atomic E-state index is 0.0463. The molecule has 1 aromatic rings. The Labute approximate surface area is 186 Å². The van der Waals surface area contributed by atoms with Crippen LogP contribution in [0.4, 0.5) is 0 Å². The molecule has 0 saturated carbocycles. The van der Waals surface area contributed by atoms with Crippen molar-refractivity contribution in [3.8, 4) is 0 Å². The third-order valence-electron chi connectivity index (χ3n) is 6.74. The molecule has 0 radical (unpaired) electrons. The van der Waals surface area contributed by atoms with Crippen molar-refractivity contribution in [1.82, 2.24) is 9.80 Å². The molecule has 31 heavy (non-hydrogen) atoms. The lowest BCUT2D eigenvalue weighted by molar-refractivity contribution is -0.135. The highest BCUT2D eigenvalue weighted by molar-refractivity contribution is 5.92.